The minimum absolute atomic E-state index is 0.0852. The molecule has 5 nitrogen and oxygen atoms in total. The van der Waals surface area contributed by atoms with Gasteiger partial charge in [0, 0.05) is 11.1 Å². The van der Waals surface area contributed by atoms with Crippen LogP contribution >= 0.6 is 0 Å². The van der Waals surface area contributed by atoms with Crippen LogP contribution < -0.4 is 4.74 Å². The number of ether oxygens (including phenoxy) is 2. The van der Waals surface area contributed by atoms with Crippen LogP contribution in [0.15, 0.2) is 42.5 Å². The fourth-order valence-corrected chi connectivity index (χ4v) is 2.96. The number of carbonyl (C=O) groups is 3. The molecule has 0 N–H and O–H groups in total. The van der Waals surface area contributed by atoms with Crippen LogP contribution in [0.5, 0.6) is 5.75 Å². The number of ketones is 2. The van der Waals surface area contributed by atoms with E-state index < -0.39 is 5.97 Å². The summed E-state index contributed by atoms with van der Waals surface area (Å²) in [7, 11) is 0. The number of fused-ring (bicyclic) bond motifs is 1. The minimum atomic E-state index is -0.632. The van der Waals surface area contributed by atoms with Crippen molar-refractivity contribution in [3.63, 3.8) is 0 Å². The van der Waals surface area contributed by atoms with Crippen LogP contribution in [0.4, 0.5) is 0 Å². The highest BCUT2D eigenvalue weighted by Gasteiger charge is 2.15. The summed E-state index contributed by atoms with van der Waals surface area (Å²) < 4.78 is 10.3. The molecule has 0 atom stereocenters. The van der Waals surface area contributed by atoms with Gasteiger partial charge < -0.3 is 9.47 Å². The van der Waals surface area contributed by atoms with Crippen LogP contribution in [0.3, 0.4) is 0 Å². The summed E-state index contributed by atoms with van der Waals surface area (Å²) in [5.41, 5.74) is 3.56. The van der Waals surface area contributed by atoms with Crippen molar-refractivity contribution in [1.82, 2.24) is 0 Å². The van der Waals surface area contributed by atoms with Crippen molar-refractivity contribution in [2.75, 3.05) is 13.2 Å². The molecular formula is C21H20O5. The van der Waals surface area contributed by atoms with Gasteiger partial charge in [-0.1, -0.05) is 24.3 Å². The van der Waals surface area contributed by atoms with Crippen LogP contribution in [-0.2, 0) is 22.4 Å². The SMILES string of the molecule is CC(=O)c1cccc(OCC(=O)OCC(=O)c2ccc3c(c2)CCC3)c1. The second-order valence-corrected chi connectivity index (χ2v) is 6.29. The van der Waals surface area contributed by atoms with E-state index in [-0.39, 0.29) is 24.8 Å². The lowest BCUT2D eigenvalue weighted by Crippen LogP contribution is -2.19. The molecule has 0 amide bonds. The standard InChI is InChI=1S/C21H20O5/c1-14(22)16-5-3-7-19(11-16)25-13-21(24)26-12-20(23)18-9-8-15-4-2-6-17(15)10-18/h3,5,7-11H,2,4,6,12-13H2,1H3. The van der Waals surface area contributed by atoms with E-state index in [0.29, 0.717) is 16.9 Å². The van der Waals surface area contributed by atoms with E-state index in [4.69, 9.17) is 9.47 Å². The molecule has 2 aromatic carbocycles. The van der Waals surface area contributed by atoms with Gasteiger partial charge in [-0.25, -0.2) is 4.79 Å². The van der Waals surface area contributed by atoms with E-state index >= 15 is 0 Å². The van der Waals surface area contributed by atoms with Gasteiger partial charge in [-0.05, 0) is 55.5 Å². The van der Waals surface area contributed by atoms with Gasteiger partial charge in [0.15, 0.2) is 24.8 Å². The highest BCUT2D eigenvalue weighted by atomic mass is 16.6. The van der Waals surface area contributed by atoms with E-state index in [1.54, 1.807) is 30.3 Å². The van der Waals surface area contributed by atoms with Crippen molar-refractivity contribution in [3.05, 3.63) is 64.7 Å². The number of aryl methyl sites for hydroxylation is 2. The summed E-state index contributed by atoms with van der Waals surface area (Å²) in [5, 5.41) is 0. The van der Waals surface area contributed by atoms with E-state index in [1.807, 2.05) is 12.1 Å². The minimum Gasteiger partial charge on any atom is -0.482 e. The molecule has 0 saturated carbocycles. The molecule has 0 fully saturated rings. The second-order valence-electron chi connectivity index (χ2n) is 6.29. The highest BCUT2D eigenvalue weighted by Crippen LogP contribution is 2.23. The average Bonchev–Trinajstić information content (AvgIpc) is 3.12. The average molecular weight is 352 g/mol. The van der Waals surface area contributed by atoms with Crippen molar-refractivity contribution >= 4 is 17.5 Å². The molecule has 1 aliphatic carbocycles. The molecule has 5 heteroatoms. The third kappa shape index (κ3) is 4.36. The third-order valence-corrected chi connectivity index (χ3v) is 4.38. The smallest absolute Gasteiger partial charge is 0.344 e. The summed E-state index contributed by atoms with van der Waals surface area (Å²) in [6.07, 6.45) is 3.16. The Bertz CT molecular complexity index is 853. The van der Waals surface area contributed by atoms with Crippen molar-refractivity contribution in [2.24, 2.45) is 0 Å². The Labute approximate surface area is 151 Å². The summed E-state index contributed by atoms with van der Waals surface area (Å²) in [5.74, 6) is -0.545. The molecule has 2 aromatic rings. The maximum atomic E-state index is 12.2. The molecule has 0 bridgehead atoms. The highest BCUT2D eigenvalue weighted by molar-refractivity contribution is 5.98. The number of carbonyl (C=O) groups excluding carboxylic acids is 3. The zero-order valence-electron chi connectivity index (χ0n) is 14.6. The molecule has 0 aromatic heterocycles. The van der Waals surface area contributed by atoms with Crippen molar-refractivity contribution in [1.29, 1.82) is 0 Å². The van der Waals surface area contributed by atoms with E-state index in [0.717, 1.165) is 19.3 Å². The molecule has 26 heavy (non-hydrogen) atoms. The normalized spacial score (nSPS) is 12.3. The van der Waals surface area contributed by atoms with Crippen LogP contribution in [-0.4, -0.2) is 30.7 Å². The Morgan fingerprint density at radius 3 is 2.54 bits per heavy atom. The van der Waals surface area contributed by atoms with Gasteiger partial charge in [-0.15, -0.1) is 0 Å². The first kappa shape index (κ1) is 17.9. The Kier molecular flexibility index (Phi) is 5.46. The van der Waals surface area contributed by atoms with Crippen LogP contribution in [0.1, 0.15) is 45.2 Å². The summed E-state index contributed by atoms with van der Waals surface area (Å²) in [4.78, 5) is 35.3. The van der Waals surface area contributed by atoms with Gasteiger partial charge in [-0.3, -0.25) is 9.59 Å². The zero-order chi connectivity index (χ0) is 18.5. The molecule has 0 heterocycles. The van der Waals surface area contributed by atoms with Gasteiger partial charge in [0.25, 0.3) is 0 Å². The second kappa shape index (κ2) is 7.95. The van der Waals surface area contributed by atoms with Gasteiger partial charge in [0.05, 0.1) is 0 Å². The van der Waals surface area contributed by atoms with Crippen LogP contribution in [0, 0.1) is 0 Å². The third-order valence-electron chi connectivity index (χ3n) is 4.38. The largest absolute Gasteiger partial charge is 0.482 e. The van der Waals surface area contributed by atoms with Crippen molar-refractivity contribution < 1.29 is 23.9 Å². The number of hydrogen-bond acceptors (Lipinski definition) is 5. The summed E-state index contributed by atoms with van der Waals surface area (Å²) >= 11 is 0. The molecule has 1 aliphatic rings. The lowest BCUT2D eigenvalue weighted by molar-refractivity contribution is -0.144. The Morgan fingerprint density at radius 2 is 1.73 bits per heavy atom. The van der Waals surface area contributed by atoms with Gasteiger partial charge >= 0.3 is 5.97 Å². The number of Topliss-reactive ketones (excluding diaryl/α,β-unsaturated/α-hetero) is 2. The Morgan fingerprint density at radius 1 is 0.923 bits per heavy atom. The molecule has 0 saturated heterocycles. The van der Waals surface area contributed by atoms with Gasteiger partial charge in [0.2, 0.25) is 0 Å². The molecule has 0 aliphatic heterocycles. The maximum Gasteiger partial charge on any atom is 0.344 e. The molecule has 3 rings (SSSR count). The summed E-state index contributed by atoms with van der Waals surface area (Å²) in [6, 6.07) is 12.2. The number of esters is 1. The van der Waals surface area contributed by atoms with Crippen molar-refractivity contribution in [3.8, 4) is 5.75 Å². The fourth-order valence-electron chi connectivity index (χ4n) is 2.96. The first-order valence-electron chi connectivity index (χ1n) is 8.57. The van der Waals surface area contributed by atoms with E-state index in [1.165, 1.54) is 18.1 Å². The van der Waals surface area contributed by atoms with E-state index in [2.05, 4.69) is 0 Å². The molecule has 0 radical (unpaired) electrons. The Hall–Kier alpha value is -2.95. The number of rotatable bonds is 7. The van der Waals surface area contributed by atoms with Gasteiger partial charge in [-0.2, -0.15) is 0 Å². The quantitative estimate of drug-likeness (QED) is 0.565. The molecular weight excluding hydrogens is 332 g/mol. The van der Waals surface area contributed by atoms with Crippen LogP contribution in [0.25, 0.3) is 0 Å². The van der Waals surface area contributed by atoms with Crippen LogP contribution in [0.2, 0.25) is 0 Å². The Balaban J connectivity index is 1.49. The first-order valence-corrected chi connectivity index (χ1v) is 8.57. The first-order chi connectivity index (χ1) is 12.5. The predicted octanol–water partition coefficient (Wildman–Crippen LogP) is 3.18. The van der Waals surface area contributed by atoms with E-state index in [9.17, 15) is 14.4 Å². The topological polar surface area (TPSA) is 69.7 Å². The summed E-state index contributed by atoms with van der Waals surface area (Å²) in [6.45, 7) is 0.825. The van der Waals surface area contributed by atoms with Crippen molar-refractivity contribution in [2.45, 2.75) is 26.2 Å². The van der Waals surface area contributed by atoms with Gasteiger partial charge in [0.1, 0.15) is 5.75 Å². The number of benzene rings is 2. The molecule has 0 unspecified atom stereocenters. The zero-order valence-corrected chi connectivity index (χ0v) is 14.6. The number of hydrogen-bond donors (Lipinski definition) is 0. The fraction of sp³-hybridized carbons (Fsp3) is 0.286. The predicted molar refractivity (Wildman–Crippen MR) is 95.7 cm³/mol. The lowest BCUT2D eigenvalue weighted by Gasteiger charge is -2.08. The molecule has 0 spiro atoms. The maximum absolute atomic E-state index is 12.2. The lowest BCUT2D eigenvalue weighted by atomic mass is 10.0. The monoisotopic (exact) mass is 352 g/mol. The molecule has 134 valence electrons.